The predicted molar refractivity (Wildman–Crippen MR) is 144 cm³/mol. The second kappa shape index (κ2) is 9.12. The minimum absolute atomic E-state index is 0.107. The lowest BCUT2D eigenvalue weighted by atomic mass is 9.82. The third-order valence-corrected chi connectivity index (χ3v) is 10.5. The molecule has 0 N–H and O–H groups in total. The van der Waals surface area contributed by atoms with Crippen LogP contribution < -0.4 is 0 Å². The zero-order valence-corrected chi connectivity index (χ0v) is 21.7. The topological polar surface area (TPSA) is 59.4 Å². The van der Waals surface area contributed by atoms with Crippen molar-refractivity contribution in [1.29, 1.82) is 0 Å². The highest BCUT2D eigenvalue weighted by atomic mass is 32.2. The van der Waals surface area contributed by atoms with Crippen molar-refractivity contribution in [2.24, 2.45) is 5.92 Å². The summed E-state index contributed by atoms with van der Waals surface area (Å²) >= 11 is 1.72. The Kier molecular flexibility index (Phi) is 5.92. The first-order valence-corrected chi connectivity index (χ1v) is 14.9. The van der Waals surface area contributed by atoms with E-state index in [1.54, 1.807) is 40.0 Å². The van der Waals surface area contributed by atoms with Crippen molar-refractivity contribution in [2.75, 3.05) is 5.75 Å². The highest BCUT2D eigenvalue weighted by Gasteiger charge is 2.52. The Morgan fingerprint density at radius 3 is 2.31 bits per heavy atom. The van der Waals surface area contributed by atoms with Crippen molar-refractivity contribution in [2.45, 2.75) is 42.5 Å². The van der Waals surface area contributed by atoms with E-state index in [-0.39, 0.29) is 28.0 Å². The number of fused-ring (bicyclic) bond motifs is 5. The monoisotopic (exact) mass is 516 g/mol. The number of benzene rings is 3. The number of amides is 1. The maximum atomic E-state index is 14.0. The van der Waals surface area contributed by atoms with Gasteiger partial charge in [0.2, 0.25) is 5.91 Å². The van der Waals surface area contributed by atoms with Gasteiger partial charge in [-0.1, -0.05) is 73.7 Å². The van der Waals surface area contributed by atoms with Crippen molar-refractivity contribution in [3.8, 4) is 0 Å². The molecule has 36 heavy (non-hydrogen) atoms. The molecule has 1 aliphatic heterocycles. The lowest BCUT2D eigenvalue weighted by Gasteiger charge is -2.33. The van der Waals surface area contributed by atoms with E-state index in [4.69, 9.17) is 0 Å². The SMILES string of the molecule is CCS[C@@H]1C(=O)N(Cc2ccccc2)[C@H]2c3c(n(S(=O)(=O)c4ccccc4)c4ccccc34)CC[C@@H]12. The van der Waals surface area contributed by atoms with Crippen LogP contribution in [0.3, 0.4) is 0 Å². The number of nitrogens with zero attached hydrogens (tertiary/aromatic N) is 2. The fourth-order valence-electron chi connectivity index (χ4n) is 6.02. The van der Waals surface area contributed by atoms with Crippen LogP contribution in [0.25, 0.3) is 10.9 Å². The van der Waals surface area contributed by atoms with Crippen LogP contribution in [0.5, 0.6) is 0 Å². The van der Waals surface area contributed by atoms with E-state index in [2.05, 4.69) is 19.1 Å². The molecule has 3 aromatic carbocycles. The Morgan fingerprint density at radius 2 is 1.58 bits per heavy atom. The molecule has 0 saturated carbocycles. The van der Waals surface area contributed by atoms with Crippen molar-refractivity contribution in [3.63, 3.8) is 0 Å². The van der Waals surface area contributed by atoms with Crippen LogP contribution in [0.1, 0.15) is 36.2 Å². The van der Waals surface area contributed by atoms with Gasteiger partial charge in [0.1, 0.15) is 0 Å². The molecule has 0 bridgehead atoms. The summed E-state index contributed by atoms with van der Waals surface area (Å²) in [5.74, 6) is 1.18. The average Bonchev–Trinajstić information content (AvgIpc) is 3.38. The third-order valence-electron chi connectivity index (χ3n) is 7.46. The number of rotatable bonds is 6. The quantitative estimate of drug-likeness (QED) is 0.333. The summed E-state index contributed by atoms with van der Waals surface area (Å²) in [5.41, 5.74) is 3.59. The van der Waals surface area contributed by atoms with Crippen LogP contribution in [0, 0.1) is 5.92 Å². The first-order chi connectivity index (χ1) is 17.5. The first-order valence-electron chi connectivity index (χ1n) is 12.4. The van der Waals surface area contributed by atoms with Crippen LogP contribution >= 0.6 is 11.8 Å². The minimum atomic E-state index is -3.80. The van der Waals surface area contributed by atoms with E-state index in [0.29, 0.717) is 18.5 Å². The standard InChI is InChI=1S/C29H28N2O3S2/c1-2-35-28-23-17-18-25-26(27(23)30(29(28)32)19-20-11-5-3-6-12-20)22-15-9-10-16-24(22)31(25)36(33,34)21-13-7-4-8-14-21/h3-16,23,27-28H,2,17-19H2,1H3/t23-,27-,28+/m1/s1. The molecule has 6 rings (SSSR count). The Bertz CT molecular complexity index is 1530. The van der Waals surface area contributed by atoms with Gasteiger partial charge in [0.25, 0.3) is 10.0 Å². The molecule has 1 aromatic heterocycles. The fourth-order valence-corrected chi connectivity index (χ4v) is 8.80. The molecule has 4 aromatic rings. The number of aromatic nitrogens is 1. The van der Waals surface area contributed by atoms with E-state index in [0.717, 1.165) is 34.4 Å². The number of carbonyl (C=O) groups excluding carboxylic acids is 1. The van der Waals surface area contributed by atoms with E-state index in [1.165, 1.54) is 0 Å². The number of thioether (sulfide) groups is 1. The van der Waals surface area contributed by atoms with Crippen LogP contribution in [-0.4, -0.2) is 34.2 Å². The van der Waals surface area contributed by atoms with Crippen LogP contribution in [0.15, 0.2) is 89.8 Å². The second-order valence-electron chi connectivity index (χ2n) is 9.44. The Hall–Kier alpha value is -3.03. The Balaban J connectivity index is 1.57. The van der Waals surface area contributed by atoms with E-state index < -0.39 is 10.0 Å². The van der Waals surface area contributed by atoms with Gasteiger partial charge in [-0.3, -0.25) is 4.79 Å². The van der Waals surface area contributed by atoms with Crippen LogP contribution in [0.2, 0.25) is 0 Å². The zero-order valence-electron chi connectivity index (χ0n) is 20.1. The molecule has 0 spiro atoms. The van der Waals surface area contributed by atoms with Crippen molar-refractivity contribution in [1.82, 2.24) is 8.87 Å². The highest BCUT2D eigenvalue weighted by Crippen LogP contribution is 2.52. The lowest BCUT2D eigenvalue weighted by Crippen LogP contribution is -2.31. The molecule has 1 aliphatic carbocycles. The van der Waals surface area contributed by atoms with Gasteiger partial charge in [-0.15, -0.1) is 11.8 Å². The smallest absolute Gasteiger partial charge is 0.268 e. The maximum Gasteiger partial charge on any atom is 0.268 e. The molecule has 0 radical (unpaired) electrons. The van der Waals surface area contributed by atoms with E-state index >= 15 is 0 Å². The summed E-state index contributed by atoms with van der Waals surface area (Å²) in [6, 6.07) is 26.3. The molecule has 1 amide bonds. The molecule has 5 nitrogen and oxygen atoms in total. The van der Waals surface area contributed by atoms with Crippen molar-refractivity contribution < 1.29 is 13.2 Å². The summed E-state index contributed by atoms with van der Waals surface area (Å²) in [6.07, 6.45) is 1.41. The minimum Gasteiger partial charge on any atom is -0.330 e. The molecule has 1 saturated heterocycles. The molecular weight excluding hydrogens is 488 g/mol. The largest absolute Gasteiger partial charge is 0.330 e. The summed E-state index contributed by atoms with van der Waals surface area (Å²) in [6.45, 7) is 2.62. The number of carbonyl (C=O) groups is 1. The van der Waals surface area contributed by atoms with E-state index in [9.17, 15) is 13.2 Å². The Morgan fingerprint density at radius 1 is 0.917 bits per heavy atom. The summed E-state index contributed by atoms with van der Waals surface area (Å²) in [4.78, 5) is 16.1. The summed E-state index contributed by atoms with van der Waals surface area (Å²) < 4.78 is 29.5. The predicted octanol–water partition coefficient (Wildman–Crippen LogP) is 5.65. The molecular formula is C29H28N2O3S2. The normalized spacial score (nSPS) is 21.5. The number of para-hydroxylation sites is 1. The summed E-state index contributed by atoms with van der Waals surface area (Å²) in [5, 5.41) is 0.819. The number of likely N-dealkylation sites (tertiary alicyclic amines) is 1. The maximum absolute atomic E-state index is 14.0. The second-order valence-corrected chi connectivity index (χ2v) is 12.6. The van der Waals surface area contributed by atoms with Gasteiger partial charge in [0, 0.05) is 29.1 Å². The lowest BCUT2D eigenvalue weighted by molar-refractivity contribution is -0.129. The third kappa shape index (κ3) is 3.59. The Labute approximate surface area is 216 Å². The van der Waals surface area contributed by atoms with Gasteiger partial charge in [0.05, 0.1) is 21.7 Å². The molecule has 0 unspecified atom stereocenters. The average molecular weight is 517 g/mol. The number of hydrogen-bond acceptors (Lipinski definition) is 4. The fraction of sp³-hybridized carbons (Fsp3) is 0.276. The van der Waals surface area contributed by atoms with Gasteiger partial charge in [-0.2, -0.15) is 0 Å². The van der Waals surface area contributed by atoms with Crippen LogP contribution in [0.4, 0.5) is 0 Å². The molecule has 2 aliphatic rings. The first kappa shape index (κ1) is 23.4. The van der Waals surface area contributed by atoms with Crippen molar-refractivity contribution in [3.05, 3.63) is 102 Å². The van der Waals surface area contributed by atoms with E-state index in [1.807, 2.05) is 53.4 Å². The van der Waals surface area contributed by atoms with Crippen LogP contribution in [-0.2, 0) is 27.8 Å². The highest BCUT2D eigenvalue weighted by molar-refractivity contribution is 8.00. The summed E-state index contributed by atoms with van der Waals surface area (Å²) in [7, 11) is -3.80. The number of hydrogen-bond donors (Lipinski definition) is 0. The van der Waals surface area contributed by atoms with Gasteiger partial charge < -0.3 is 4.90 Å². The van der Waals surface area contributed by atoms with Gasteiger partial charge in [-0.25, -0.2) is 12.4 Å². The molecule has 7 heteroatoms. The van der Waals surface area contributed by atoms with Gasteiger partial charge in [0.15, 0.2) is 0 Å². The molecule has 184 valence electrons. The zero-order chi connectivity index (χ0) is 24.9. The van der Waals surface area contributed by atoms with Gasteiger partial charge >= 0.3 is 0 Å². The molecule has 2 heterocycles. The molecule has 1 fully saturated rings. The molecule has 3 atom stereocenters. The van der Waals surface area contributed by atoms with Gasteiger partial charge in [-0.05, 0) is 42.4 Å². The van der Waals surface area contributed by atoms with Crippen molar-refractivity contribution >= 4 is 38.6 Å².